The molecular weight excluding hydrogens is 981 g/mol. The molecule has 3 aliphatic heterocycles. The van der Waals surface area contributed by atoms with Gasteiger partial charge in [0.15, 0.2) is 0 Å². The first kappa shape index (κ1) is 57.5. The number of hydrogen-bond donors (Lipinski definition) is 7. The number of anilines is 1. The number of halogens is 4. The normalized spacial score (nSPS) is 18.5. The van der Waals surface area contributed by atoms with Gasteiger partial charge >= 0.3 is 18.7 Å². The predicted octanol–water partition coefficient (Wildman–Crippen LogP) is 4.97. The summed E-state index contributed by atoms with van der Waals surface area (Å²) in [5.41, 5.74) is 1.29. The number of carbonyl (C=O) groups excluding carboxylic acids is 4. The second kappa shape index (κ2) is 25.2. The van der Waals surface area contributed by atoms with Crippen LogP contribution in [0.2, 0.25) is 0 Å². The van der Waals surface area contributed by atoms with Crippen molar-refractivity contribution in [2.45, 2.75) is 116 Å². The van der Waals surface area contributed by atoms with Gasteiger partial charge in [0, 0.05) is 72.9 Å². The van der Waals surface area contributed by atoms with Crippen molar-refractivity contribution in [3.63, 3.8) is 0 Å². The average Bonchev–Trinajstić information content (AvgIpc) is 3.56. The molecule has 0 aliphatic carbocycles. The van der Waals surface area contributed by atoms with Crippen molar-refractivity contribution in [1.29, 1.82) is 5.41 Å². The zero-order valence-electron chi connectivity index (χ0n) is 43.4. The number of piperazine rings is 1. The number of amides is 4. The average molecular weight is 1050 g/mol. The number of aliphatic hydroxyl groups is 1. The Morgan fingerprint density at radius 3 is 1.92 bits per heavy atom. The Morgan fingerprint density at radius 1 is 0.853 bits per heavy atom. The summed E-state index contributed by atoms with van der Waals surface area (Å²) >= 11 is 0. The van der Waals surface area contributed by atoms with E-state index in [-0.39, 0.29) is 12.0 Å². The van der Waals surface area contributed by atoms with Crippen molar-refractivity contribution in [1.82, 2.24) is 41.6 Å². The molecule has 2 unspecified atom stereocenters. The van der Waals surface area contributed by atoms with Crippen LogP contribution in [0.15, 0.2) is 67.0 Å². The van der Waals surface area contributed by atoms with Crippen LogP contribution in [0, 0.1) is 39.7 Å². The summed E-state index contributed by atoms with van der Waals surface area (Å²) in [6.45, 7) is 9.21. The minimum atomic E-state index is -2.94. The molecule has 4 amide bonds. The number of methoxy groups -OCH3 is 2. The lowest BCUT2D eigenvalue weighted by Gasteiger charge is -2.47. The summed E-state index contributed by atoms with van der Waals surface area (Å²) in [5.74, 6) is 3.29. The molecule has 406 valence electrons. The number of alkyl carbamates (subject to hydrolysis) is 2. The molecule has 6 rings (SSSR count). The van der Waals surface area contributed by atoms with Gasteiger partial charge in [0.05, 0.1) is 51.3 Å². The number of hydrazine groups is 1. The summed E-state index contributed by atoms with van der Waals surface area (Å²) in [6.07, 6.45) is 2.22. The molecule has 4 heterocycles. The Morgan fingerprint density at radius 2 is 1.41 bits per heavy atom. The number of rotatable bonds is 19. The van der Waals surface area contributed by atoms with Crippen LogP contribution in [-0.4, -0.2) is 146 Å². The van der Waals surface area contributed by atoms with E-state index in [9.17, 15) is 33.1 Å². The Balaban J connectivity index is 1.25. The van der Waals surface area contributed by atoms with Gasteiger partial charge in [-0.3, -0.25) is 19.9 Å². The van der Waals surface area contributed by atoms with Crippen LogP contribution in [0.25, 0.3) is 0 Å². The first-order valence-electron chi connectivity index (χ1n) is 24.6. The van der Waals surface area contributed by atoms with Crippen LogP contribution in [0.1, 0.15) is 82.2 Å². The zero-order chi connectivity index (χ0) is 54.8. The fourth-order valence-corrected chi connectivity index (χ4v) is 9.26. The highest BCUT2D eigenvalue weighted by Gasteiger charge is 2.45. The standard InChI is InChI=1S/C53H68F4N10O8/c1-52(2,3)45(62-50(71)73-7)47(69)61-42(21-32-12-9-31(10-13-32)11-14-33-15-18-44(60-24-33)65-25-35-16-17-36(26-65)67(35)37-29-75-30-37)43(68)28-66(64-48(70)46(53(4,5)6)63-51(72)74-8)27-38-39(54)22-34(23-40(38)55)41(58)19-20-59-49(56)57/h9-10,12-13,15,18-20,22-24,35-37,42-43,45-46,49,58-59,68H,16-17,21,25-30H2,1-8H3,(H,61,69)(H,62,71)(H,63,72)(H,64,70)/b20-19-,58-41?/t35?,36?,42-,43-,45+,46+/m0/s1. The number of pyridine rings is 1. The number of benzene rings is 2. The molecule has 22 heteroatoms. The van der Waals surface area contributed by atoms with Crippen LogP contribution in [0.4, 0.5) is 33.0 Å². The highest BCUT2D eigenvalue weighted by Crippen LogP contribution is 2.35. The second-order valence-corrected chi connectivity index (χ2v) is 21.0. The maximum absolute atomic E-state index is 15.9. The van der Waals surface area contributed by atoms with Gasteiger partial charge in [-0.1, -0.05) is 65.5 Å². The molecule has 6 atom stereocenters. The van der Waals surface area contributed by atoms with Crippen LogP contribution >= 0.6 is 0 Å². The maximum atomic E-state index is 15.9. The first-order valence-corrected chi connectivity index (χ1v) is 24.6. The molecule has 2 bridgehead atoms. The fourth-order valence-electron chi connectivity index (χ4n) is 9.26. The van der Waals surface area contributed by atoms with E-state index in [1.54, 1.807) is 77.3 Å². The van der Waals surface area contributed by atoms with Gasteiger partial charge in [-0.25, -0.2) is 28.4 Å². The number of aromatic nitrogens is 1. The van der Waals surface area contributed by atoms with Crippen molar-refractivity contribution < 1.29 is 56.1 Å². The molecule has 3 fully saturated rings. The van der Waals surface area contributed by atoms with E-state index >= 15 is 8.78 Å². The van der Waals surface area contributed by atoms with Gasteiger partial charge in [0.2, 0.25) is 5.91 Å². The Bertz CT molecular complexity index is 2560. The summed E-state index contributed by atoms with van der Waals surface area (Å²) in [5, 5.41) is 30.8. The highest BCUT2D eigenvalue weighted by atomic mass is 19.3. The molecule has 0 saturated carbocycles. The third kappa shape index (κ3) is 15.6. The number of alkyl halides is 2. The smallest absolute Gasteiger partial charge is 0.407 e. The minimum absolute atomic E-state index is 0.0464. The molecule has 3 saturated heterocycles. The van der Waals surface area contributed by atoms with Gasteiger partial charge in [-0.05, 0) is 78.1 Å². The summed E-state index contributed by atoms with van der Waals surface area (Å²) in [6, 6.07) is 10.4. The van der Waals surface area contributed by atoms with E-state index in [2.05, 4.69) is 43.0 Å². The van der Waals surface area contributed by atoms with E-state index in [4.69, 9.17) is 24.6 Å². The first-order chi connectivity index (χ1) is 35.4. The van der Waals surface area contributed by atoms with Crippen LogP contribution in [-0.2, 0) is 36.8 Å². The van der Waals surface area contributed by atoms with Crippen molar-refractivity contribution in [2.24, 2.45) is 10.8 Å². The molecule has 0 radical (unpaired) electrons. The van der Waals surface area contributed by atoms with Crippen molar-refractivity contribution >= 4 is 35.5 Å². The van der Waals surface area contributed by atoms with Crippen LogP contribution in [0.5, 0.6) is 0 Å². The lowest BCUT2D eigenvalue weighted by Crippen LogP contribution is -2.62. The number of aliphatic hydroxyl groups excluding tert-OH is 1. The second-order valence-electron chi connectivity index (χ2n) is 21.0. The number of nitrogens with zero attached hydrogens (tertiary/aromatic N) is 4. The molecule has 2 aromatic carbocycles. The molecule has 3 aliphatic rings. The molecule has 1 aromatic heterocycles. The molecular formula is C53H68F4N10O8. The Kier molecular flexibility index (Phi) is 19.3. The van der Waals surface area contributed by atoms with Crippen molar-refractivity contribution in [2.75, 3.05) is 52.0 Å². The summed E-state index contributed by atoms with van der Waals surface area (Å²) < 4.78 is 72.1. The van der Waals surface area contributed by atoms with E-state index < -0.39 is 102 Å². The van der Waals surface area contributed by atoms with Crippen LogP contribution in [0.3, 0.4) is 0 Å². The number of allylic oxidation sites excluding steroid dienone is 1. The molecule has 75 heavy (non-hydrogen) atoms. The zero-order valence-corrected chi connectivity index (χ0v) is 43.4. The maximum Gasteiger partial charge on any atom is 0.407 e. The highest BCUT2D eigenvalue weighted by molar-refractivity contribution is 6.06. The Hall–Kier alpha value is -6.80. The minimum Gasteiger partial charge on any atom is -0.453 e. The molecule has 18 nitrogen and oxygen atoms in total. The number of fused-ring (bicyclic) bond motifs is 2. The van der Waals surface area contributed by atoms with Crippen LogP contribution < -0.4 is 31.6 Å². The van der Waals surface area contributed by atoms with Gasteiger partial charge in [0.1, 0.15) is 29.5 Å². The van der Waals surface area contributed by atoms with Crippen molar-refractivity contribution in [3.05, 3.63) is 106 Å². The molecule has 3 aromatic rings. The SMILES string of the molecule is COC(=O)N[C@H](C(=O)N[C@@H](Cc1ccc(C#Cc2ccc(N3CC4CCC(C3)N4C3COC3)nc2)cc1)[C@@H](O)CN(Cc1c(F)cc(C(=N)/C=C\NC(F)F)cc1F)NC(=O)[C@@H](NC(=O)OC)C(C)(C)C)C(C)(C)C. The summed E-state index contributed by atoms with van der Waals surface area (Å²) in [4.78, 5) is 62.8. The third-order valence-corrected chi connectivity index (χ3v) is 13.3. The monoisotopic (exact) mass is 1050 g/mol. The van der Waals surface area contributed by atoms with Gasteiger partial charge in [-0.2, -0.15) is 8.78 Å². The number of carbonyl (C=O) groups is 4. The quantitative estimate of drug-likeness (QED) is 0.0278. The van der Waals surface area contributed by atoms with Gasteiger partial charge in [0.25, 0.3) is 5.91 Å². The predicted molar refractivity (Wildman–Crippen MR) is 271 cm³/mol. The van der Waals surface area contributed by atoms with Gasteiger partial charge in [-0.15, -0.1) is 0 Å². The van der Waals surface area contributed by atoms with Gasteiger partial charge < -0.3 is 50.9 Å². The number of hydrogen-bond acceptors (Lipinski definition) is 14. The summed E-state index contributed by atoms with van der Waals surface area (Å²) in [7, 11) is 2.24. The lowest BCUT2D eigenvalue weighted by molar-refractivity contribution is -0.132. The largest absolute Gasteiger partial charge is 0.453 e. The van der Waals surface area contributed by atoms with Crippen molar-refractivity contribution in [3.8, 4) is 11.8 Å². The van der Waals surface area contributed by atoms with E-state index in [1.165, 1.54) is 12.8 Å². The van der Waals surface area contributed by atoms with E-state index in [0.717, 1.165) is 81.3 Å². The Labute approximate surface area is 434 Å². The van der Waals surface area contributed by atoms with E-state index in [1.807, 2.05) is 12.1 Å². The lowest BCUT2D eigenvalue weighted by atomic mass is 9.85. The fraction of sp³-hybridized carbons (Fsp3) is 0.509. The van der Waals surface area contributed by atoms with E-state index in [0.29, 0.717) is 29.3 Å². The number of nitrogens with one attached hydrogen (secondary N) is 6. The third-order valence-electron chi connectivity index (χ3n) is 13.3. The molecule has 7 N–H and O–H groups in total. The topological polar surface area (TPSA) is 223 Å². The number of ether oxygens (including phenoxy) is 3. The molecule has 0 spiro atoms.